The van der Waals surface area contributed by atoms with E-state index in [1.807, 2.05) is 0 Å². The summed E-state index contributed by atoms with van der Waals surface area (Å²) in [6.07, 6.45) is -2.73. The second-order valence-electron chi connectivity index (χ2n) is 12.9. The maximum absolute atomic E-state index is 12.0. The molecule has 332 valence electrons. The van der Waals surface area contributed by atoms with Crippen molar-refractivity contribution < 1.29 is 104 Å². The van der Waals surface area contributed by atoms with E-state index in [4.69, 9.17) is 0 Å². The van der Waals surface area contributed by atoms with Gasteiger partial charge in [0.05, 0.1) is 11.5 Å². The second-order valence-corrected chi connectivity index (χ2v) is 21.5. The lowest BCUT2D eigenvalue weighted by Gasteiger charge is -2.37. The summed E-state index contributed by atoms with van der Waals surface area (Å²) >= 11 is 0. The molecule has 0 radical (unpaired) electrons. The molecule has 32 heteroatoms. The lowest BCUT2D eigenvalue weighted by Crippen LogP contribution is -2.64. The van der Waals surface area contributed by atoms with Crippen LogP contribution in [0.2, 0.25) is 0 Å². The number of rotatable bonds is 18. The number of likely N-dealkylation sites (tertiary alicyclic amines) is 4. The van der Waals surface area contributed by atoms with Crippen LogP contribution in [-0.4, -0.2) is 168 Å². The van der Waals surface area contributed by atoms with Crippen molar-refractivity contribution in [1.82, 2.24) is 19.6 Å². The Morgan fingerprint density at radius 1 is 0.450 bits per heavy atom. The number of aliphatic carboxylic acids is 4. The van der Waals surface area contributed by atoms with E-state index in [9.17, 15) is 104 Å². The number of nitrogens with zero attached hydrogens (tertiary/aromatic N) is 4. The normalized spacial score (nSPS) is 21.7. The SMILES string of the molecule is CC(SSC(C)(C(=O)O)N1C(=O)CCC1=O)(C(=O)O)N1C(=O)CCC1=O.O=C1CCC(=O)N1C(CSSCC(C(=O)O)(N1C(=O)CCC1=O)S(=O)(=O)O)(C(=O)O)S(=O)(=O)O. The van der Waals surface area contributed by atoms with Gasteiger partial charge in [-0.1, -0.05) is 43.2 Å². The number of imide groups is 4. The summed E-state index contributed by atoms with van der Waals surface area (Å²) in [5.41, 5.74) is 0. The molecule has 26 nitrogen and oxygen atoms in total. The first-order valence-electron chi connectivity index (χ1n) is 16.3. The summed E-state index contributed by atoms with van der Waals surface area (Å²) in [5, 5.41) is 38.2. The van der Waals surface area contributed by atoms with Gasteiger partial charge in [-0.15, -0.1) is 0 Å². The molecule has 0 aromatic rings. The molecule has 0 aromatic carbocycles. The van der Waals surface area contributed by atoms with Crippen molar-refractivity contribution in [1.29, 1.82) is 0 Å². The molecule has 4 atom stereocenters. The summed E-state index contributed by atoms with van der Waals surface area (Å²) in [4.78, 5) is 133. The summed E-state index contributed by atoms with van der Waals surface area (Å²) in [5.74, 6) is -18.0. The average Bonchev–Trinajstić information content (AvgIpc) is 3.86. The summed E-state index contributed by atoms with van der Waals surface area (Å²) in [6, 6.07) is 0. The molecule has 4 rings (SSSR count). The largest absolute Gasteiger partial charge is 0.479 e. The van der Waals surface area contributed by atoms with Gasteiger partial charge < -0.3 is 20.4 Å². The zero-order valence-corrected chi connectivity index (χ0v) is 35.4. The van der Waals surface area contributed by atoms with Crippen LogP contribution in [0.3, 0.4) is 0 Å². The first-order chi connectivity index (χ1) is 27.4. The number of carboxylic acid groups (broad SMARTS) is 4. The van der Waals surface area contributed by atoms with Crippen molar-refractivity contribution in [3.05, 3.63) is 0 Å². The van der Waals surface area contributed by atoms with Gasteiger partial charge in [0, 0.05) is 51.4 Å². The molecule has 4 fully saturated rings. The van der Waals surface area contributed by atoms with Crippen molar-refractivity contribution in [3.63, 3.8) is 0 Å². The first-order valence-corrected chi connectivity index (χ1v) is 23.8. The Bertz CT molecular complexity index is 1990. The molecule has 0 spiro atoms. The molecular formula is C28H32N4O22S6. The van der Waals surface area contributed by atoms with Crippen LogP contribution in [0.15, 0.2) is 0 Å². The van der Waals surface area contributed by atoms with Crippen LogP contribution in [0.25, 0.3) is 0 Å². The Kier molecular flexibility index (Phi) is 15.0. The van der Waals surface area contributed by atoms with Crippen LogP contribution in [-0.2, 0) is 77.8 Å². The van der Waals surface area contributed by atoms with E-state index in [1.165, 1.54) is 0 Å². The highest BCUT2D eigenvalue weighted by atomic mass is 33.1. The lowest BCUT2D eigenvalue weighted by atomic mass is 10.3. The zero-order chi connectivity index (χ0) is 46.1. The minimum atomic E-state index is -5.72. The average molecular weight is 969 g/mol. The van der Waals surface area contributed by atoms with Gasteiger partial charge in [-0.2, -0.15) is 16.8 Å². The molecule has 0 bridgehead atoms. The molecule has 4 saturated heterocycles. The molecule has 4 heterocycles. The number of carbonyl (C=O) groups is 12. The van der Waals surface area contributed by atoms with E-state index in [0.29, 0.717) is 31.4 Å². The van der Waals surface area contributed by atoms with Gasteiger partial charge in [0.2, 0.25) is 57.0 Å². The number of amides is 8. The second kappa shape index (κ2) is 17.9. The quantitative estimate of drug-likeness (QED) is 0.0385. The standard InChI is InChI=1S/C14H16N2O14S4.C14H16N2O8S2/c17-7-1-2-8(18)15(7)13(11(21)22,33(25,26)27)5-31-32-6-14(12(23)24,34(28,29)30)16-9(19)3-4-10(16)20;1-13(11(21)22,15-7(17)3-4-8(15)18)25-26-14(2,12(23)24)16-9(19)5-6-10(16)20/h1-6H2,(H,21,22)(H,23,24)(H,25,26,27)(H,28,29,30);3-6H2,1-2H3,(H,21,22)(H,23,24). The Morgan fingerprint density at radius 3 is 0.817 bits per heavy atom. The minimum absolute atomic E-state index is 0.0904. The monoisotopic (exact) mass is 968 g/mol. The van der Waals surface area contributed by atoms with Crippen molar-refractivity contribution >= 4 is 135 Å². The highest BCUT2D eigenvalue weighted by Crippen LogP contribution is 2.49. The van der Waals surface area contributed by atoms with Crippen LogP contribution in [0.1, 0.15) is 65.2 Å². The maximum atomic E-state index is 12.0. The van der Waals surface area contributed by atoms with Crippen molar-refractivity contribution in [3.8, 4) is 0 Å². The molecule has 4 aliphatic rings. The number of carboxylic acids is 4. The fraction of sp³-hybridized carbons (Fsp3) is 0.571. The number of hydrogen-bond donors (Lipinski definition) is 6. The Morgan fingerprint density at radius 2 is 0.650 bits per heavy atom. The van der Waals surface area contributed by atoms with Crippen LogP contribution in [0, 0.1) is 0 Å². The van der Waals surface area contributed by atoms with Crippen LogP contribution in [0.4, 0.5) is 0 Å². The predicted molar refractivity (Wildman–Crippen MR) is 200 cm³/mol. The Hall–Kier alpha value is -4.34. The van der Waals surface area contributed by atoms with E-state index in [2.05, 4.69) is 0 Å². The number of carbonyl (C=O) groups excluding carboxylic acids is 8. The van der Waals surface area contributed by atoms with E-state index in [-0.39, 0.29) is 57.1 Å². The highest BCUT2D eigenvalue weighted by Gasteiger charge is 2.64. The van der Waals surface area contributed by atoms with Crippen molar-refractivity contribution in [2.24, 2.45) is 0 Å². The van der Waals surface area contributed by atoms with E-state index < -0.39 is 148 Å². The molecule has 4 unspecified atom stereocenters. The minimum Gasteiger partial charge on any atom is -0.479 e. The molecule has 60 heavy (non-hydrogen) atoms. The van der Waals surface area contributed by atoms with E-state index in [1.54, 1.807) is 0 Å². The molecule has 0 aromatic heterocycles. The fourth-order valence-electron chi connectivity index (χ4n) is 5.85. The first kappa shape index (κ1) is 50.0. The maximum Gasteiger partial charge on any atom is 0.349 e. The van der Waals surface area contributed by atoms with Gasteiger partial charge in [-0.25, -0.2) is 29.0 Å². The van der Waals surface area contributed by atoms with Crippen molar-refractivity contribution in [2.75, 3.05) is 11.5 Å². The topological polar surface area (TPSA) is 407 Å². The third-order valence-corrected chi connectivity index (χ3v) is 18.2. The third-order valence-electron chi connectivity index (χ3n) is 9.06. The zero-order valence-electron chi connectivity index (χ0n) is 30.5. The van der Waals surface area contributed by atoms with Crippen LogP contribution in [0.5, 0.6) is 0 Å². The third kappa shape index (κ3) is 8.85. The van der Waals surface area contributed by atoms with Gasteiger partial charge in [-0.05, 0) is 13.8 Å². The van der Waals surface area contributed by atoms with Crippen LogP contribution < -0.4 is 0 Å². The van der Waals surface area contributed by atoms with Gasteiger partial charge in [0.15, 0.2) is 0 Å². The van der Waals surface area contributed by atoms with Crippen LogP contribution >= 0.6 is 43.2 Å². The molecule has 6 N–H and O–H groups in total. The van der Waals surface area contributed by atoms with E-state index >= 15 is 0 Å². The van der Waals surface area contributed by atoms with Gasteiger partial charge in [0.25, 0.3) is 9.74 Å². The van der Waals surface area contributed by atoms with Gasteiger partial charge in [-0.3, -0.25) is 57.3 Å². The lowest BCUT2D eigenvalue weighted by molar-refractivity contribution is -0.156. The summed E-state index contributed by atoms with van der Waals surface area (Å²) in [7, 11) is -10.4. The Balaban J connectivity index is 0.000000332. The van der Waals surface area contributed by atoms with E-state index in [0.717, 1.165) is 13.8 Å². The molecular weight excluding hydrogens is 937 g/mol. The fourth-order valence-corrected chi connectivity index (χ4v) is 14.5. The summed E-state index contributed by atoms with van der Waals surface area (Å²) in [6.45, 7) is 2.20. The molecule has 0 saturated carbocycles. The molecule has 0 aliphatic carbocycles. The van der Waals surface area contributed by atoms with Gasteiger partial charge >= 0.3 is 44.1 Å². The Labute approximate surface area is 352 Å². The predicted octanol–water partition coefficient (Wildman–Crippen LogP) is -1.73. The molecule has 8 amide bonds. The summed E-state index contributed by atoms with van der Waals surface area (Å²) < 4.78 is 67.2. The van der Waals surface area contributed by atoms with Crippen molar-refractivity contribution in [2.45, 2.75) is 84.7 Å². The molecule has 4 aliphatic heterocycles. The number of hydrogen-bond acceptors (Lipinski definition) is 20. The highest BCUT2D eigenvalue weighted by molar-refractivity contribution is 8.78. The van der Waals surface area contributed by atoms with Gasteiger partial charge in [0.1, 0.15) is 0 Å². The smallest absolute Gasteiger partial charge is 0.349 e.